The summed E-state index contributed by atoms with van der Waals surface area (Å²) in [5, 5.41) is 20.1. The number of para-hydroxylation sites is 3. The fraction of sp³-hybridized carbons (Fsp3) is 0.0625. The molecule has 9 heteroatoms. The Labute approximate surface area is 165 Å². The molecule has 0 bridgehead atoms. The van der Waals surface area contributed by atoms with Crippen LogP contribution in [0.4, 0.5) is 5.69 Å². The van der Waals surface area contributed by atoms with E-state index in [0.29, 0.717) is 12.3 Å². The number of nitrogens with zero attached hydrogens (tertiary/aromatic N) is 3. The smallest absolute Gasteiger partial charge is 0.696 e. The number of aromatic nitrogens is 1. The minimum absolute atomic E-state index is 0. The van der Waals surface area contributed by atoms with Crippen molar-refractivity contribution in [2.45, 2.75) is 6.67 Å². The van der Waals surface area contributed by atoms with Crippen molar-refractivity contribution >= 4 is 42.0 Å². The van der Waals surface area contributed by atoms with Gasteiger partial charge >= 0.3 is 22.2 Å². The number of hydrogen-bond donors (Lipinski definition) is 1. The molecule has 0 saturated heterocycles. The van der Waals surface area contributed by atoms with E-state index >= 15 is 0 Å². The van der Waals surface area contributed by atoms with Crippen molar-refractivity contribution < 1.29 is 20.9 Å². The SMILES string of the molecule is N#C[S-].N#C[S-].O=c1oc2ccccc2n1CNc1ccccc1.[Ni+2]. The van der Waals surface area contributed by atoms with Crippen LogP contribution in [0.25, 0.3) is 11.1 Å². The molecule has 1 N–H and O–H groups in total. The fourth-order valence-electron chi connectivity index (χ4n) is 1.89. The zero-order chi connectivity index (χ0) is 17.8. The second-order valence-corrected chi connectivity index (χ2v) is 4.51. The molecule has 130 valence electrons. The van der Waals surface area contributed by atoms with E-state index < -0.39 is 0 Å². The van der Waals surface area contributed by atoms with Gasteiger partial charge in [-0.3, -0.25) is 4.57 Å². The maximum absolute atomic E-state index is 11.7. The minimum Gasteiger partial charge on any atom is -0.696 e. The summed E-state index contributed by atoms with van der Waals surface area (Å²) in [6.07, 6.45) is 0. The standard InChI is InChI=1S/C14H12N2O2.2CHNS.Ni/c17-14-16(10-15-11-6-2-1-3-7-11)12-8-4-5-9-13(12)18-14;2*2-1-3;/h1-9,15H,10H2;2*3H;/q;;;+2/p-2. The third-order valence-corrected chi connectivity index (χ3v) is 2.79. The van der Waals surface area contributed by atoms with Gasteiger partial charge in [0.1, 0.15) is 0 Å². The van der Waals surface area contributed by atoms with Crippen LogP contribution in [0.15, 0.2) is 63.8 Å². The predicted molar refractivity (Wildman–Crippen MR) is 96.5 cm³/mol. The molecule has 6 nitrogen and oxygen atoms in total. The summed E-state index contributed by atoms with van der Waals surface area (Å²) < 4.78 is 6.73. The summed E-state index contributed by atoms with van der Waals surface area (Å²) in [7, 11) is 0. The molecule has 0 unspecified atom stereocenters. The van der Waals surface area contributed by atoms with Crippen LogP contribution in [0.2, 0.25) is 0 Å². The van der Waals surface area contributed by atoms with Gasteiger partial charge in [0.15, 0.2) is 5.58 Å². The van der Waals surface area contributed by atoms with Crippen LogP contribution in [0.3, 0.4) is 0 Å². The van der Waals surface area contributed by atoms with Gasteiger partial charge in [-0.25, -0.2) is 15.3 Å². The molecule has 1 aromatic heterocycles. The third kappa shape index (κ3) is 7.24. The molecular formula is C16H12N4NiO2S2. The Kier molecular flexibility index (Phi) is 11.5. The van der Waals surface area contributed by atoms with Gasteiger partial charge < -0.3 is 35.0 Å². The molecule has 25 heavy (non-hydrogen) atoms. The van der Waals surface area contributed by atoms with E-state index in [1.165, 1.54) is 10.8 Å². The van der Waals surface area contributed by atoms with Crippen LogP contribution in [0, 0.1) is 21.3 Å². The monoisotopic (exact) mass is 414 g/mol. The Morgan fingerprint density at radius 2 is 1.52 bits per heavy atom. The number of rotatable bonds is 3. The van der Waals surface area contributed by atoms with Gasteiger partial charge in [-0.2, -0.15) is 0 Å². The Balaban J connectivity index is 0.000000729. The summed E-state index contributed by atoms with van der Waals surface area (Å²) >= 11 is 7.40. The van der Waals surface area contributed by atoms with E-state index in [9.17, 15) is 4.79 Å². The van der Waals surface area contributed by atoms with E-state index in [-0.39, 0.29) is 22.2 Å². The summed E-state index contributed by atoms with van der Waals surface area (Å²) in [6, 6.07) is 17.1. The van der Waals surface area contributed by atoms with Gasteiger partial charge in [0.25, 0.3) is 0 Å². The first-order valence-electron chi connectivity index (χ1n) is 6.57. The molecule has 3 aromatic rings. The summed E-state index contributed by atoms with van der Waals surface area (Å²) in [5.74, 6) is -0.348. The molecule has 3 rings (SSSR count). The zero-order valence-electron chi connectivity index (χ0n) is 12.7. The molecule has 0 saturated carbocycles. The molecule has 0 radical (unpaired) electrons. The topological polar surface area (TPSA) is 94.8 Å². The summed E-state index contributed by atoms with van der Waals surface area (Å²) in [4.78, 5) is 11.7. The van der Waals surface area contributed by atoms with Gasteiger partial charge in [-0.05, 0) is 24.3 Å². The molecule has 0 spiro atoms. The number of nitrogens with one attached hydrogen (secondary N) is 1. The molecule has 0 aliphatic heterocycles. The molecule has 2 aromatic carbocycles. The van der Waals surface area contributed by atoms with Crippen molar-refractivity contribution in [3.05, 3.63) is 65.1 Å². The van der Waals surface area contributed by atoms with E-state index in [4.69, 9.17) is 14.9 Å². The van der Waals surface area contributed by atoms with Crippen LogP contribution in [0.1, 0.15) is 0 Å². The van der Waals surface area contributed by atoms with Crippen LogP contribution in [0.5, 0.6) is 0 Å². The van der Waals surface area contributed by atoms with Crippen molar-refractivity contribution in [2.75, 3.05) is 5.32 Å². The Morgan fingerprint density at radius 1 is 1.00 bits per heavy atom. The minimum atomic E-state index is -0.348. The van der Waals surface area contributed by atoms with Crippen LogP contribution in [-0.2, 0) is 48.4 Å². The molecule has 1 heterocycles. The summed E-state index contributed by atoms with van der Waals surface area (Å²) in [5.41, 5.74) is 2.37. The maximum Gasteiger partial charge on any atom is 2.00 e. The Bertz CT molecular complexity index is 886. The Morgan fingerprint density at radius 3 is 2.12 bits per heavy atom. The second-order valence-electron chi connectivity index (χ2n) is 4.15. The van der Waals surface area contributed by atoms with Gasteiger partial charge in [-0.15, -0.1) is 0 Å². The van der Waals surface area contributed by atoms with Crippen molar-refractivity contribution in [2.24, 2.45) is 0 Å². The van der Waals surface area contributed by atoms with Gasteiger partial charge in [-0.1, -0.05) is 41.1 Å². The quantitative estimate of drug-likeness (QED) is 0.399. The number of anilines is 1. The first kappa shape index (κ1) is 22.4. The number of fused-ring (bicyclic) bond motifs is 1. The van der Waals surface area contributed by atoms with Crippen LogP contribution < -0.4 is 11.1 Å². The average molecular weight is 415 g/mol. The fourth-order valence-corrected chi connectivity index (χ4v) is 1.89. The molecule has 0 aliphatic carbocycles. The number of thiocyanates is 2. The normalized spacial score (nSPS) is 8.24. The molecule has 0 atom stereocenters. The third-order valence-electron chi connectivity index (χ3n) is 2.79. The van der Waals surface area contributed by atoms with Crippen molar-refractivity contribution in [3.63, 3.8) is 0 Å². The van der Waals surface area contributed by atoms with Gasteiger partial charge in [0.05, 0.1) is 12.2 Å². The average Bonchev–Trinajstić information content (AvgIpc) is 2.91. The van der Waals surface area contributed by atoms with Crippen LogP contribution in [-0.4, -0.2) is 4.57 Å². The first-order valence-corrected chi connectivity index (χ1v) is 7.39. The number of oxazole rings is 1. The van der Waals surface area contributed by atoms with Crippen molar-refractivity contribution in [3.8, 4) is 10.8 Å². The largest absolute Gasteiger partial charge is 2.00 e. The molecule has 0 aliphatic rings. The molecule has 0 fully saturated rings. The van der Waals surface area contributed by atoms with E-state index in [0.717, 1.165) is 11.2 Å². The summed E-state index contributed by atoms with van der Waals surface area (Å²) in [6.45, 7) is 0.389. The van der Waals surface area contributed by atoms with Crippen LogP contribution >= 0.6 is 0 Å². The first-order chi connectivity index (χ1) is 11.7. The van der Waals surface area contributed by atoms with E-state index in [1.54, 1.807) is 10.6 Å². The van der Waals surface area contributed by atoms with E-state index in [1.807, 2.05) is 48.5 Å². The van der Waals surface area contributed by atoms with E-state index in [2.05, 4.69) is 30.6 Å². The zero-order valence-corrected chi connectivity index (χ0v) is 15.3. The van der Waals surface area contributed by atoms with Crippen molar-refractivity contribution in [1.29, 1.82) is 10.5 Å². The number of benzene rings is 2. The van der Waals surface area contributed by atoms with Gasteiger partial charge in [0.2, 0.25) is 0 Å². The molecule has 0 amide bonds. The number of hydrogen-bond acceptors (Lipinski definition) is 7. The predicted octanol–water partition coefficient (Wildman–Crippen LogP) is 2.69. The molecular weight excluding hydrogens is 403 g/mol. The van der Waals surface area contributed by atoms with Crippen molar-refractivity contribution in [1.82, 2.24) is 4.57 Å². The van der Waals surface area contributed by atoms with Gasteiger partial charge in [0, 0.05) is 5.69 Å². The number of nitriles is 2. The second kappa shape index (κ2) is 12.8. The maximum atomic E-state index is 11.7. The Hall–Kier alpha value is -2.58.